The summed E-state index contributed by atoms with van der Waals surface area (Å²) in [6.07, 6.45) is 2.32. The van der Waals surface area contributed by atoms with Crippen molar-refractivity contribution in [3.05, 3.63) is 34.9 Å². The van der Waals surface area contributed by atoms with Gasteiger partial charge in [-0.3, -0.25) is 0 Å². The van der Waals surface area contributed by atoms with Gasteiger partial charge in [0.1, 0.15) is 0 Å². The van der Waals surface area contributed by atoms with Gasteiger partial charge in [0.05, 0.1) is 0 Å². The molecule has 1 aliphatic heterocycles. The van der Waals surface area contributed by atoms with Crippen LogP contribution in [0.5, 0.6) is 0 Å². The minimum Gasteiger partial charge on any atom is -0.319 e. The van der Waals surface area contributed by atoms with Gasteiger partial charge in [0, 0.05) is 6.54 Å². The fourth-order valence-corrected chi connectivity index (χ4v) is 1.96. The first kappa shape index (κ1) is 9.69. The molecular formula is C12H18N2. The largest absolute Gasteiger partial charge is 0.319 e. The molecule has 2 heteroatoms. The highest BCUT2D eigenvalue weighted by Crippen LogP contribution is 2.15. The Morgan fingerprint density at radius 2 is 2.29 bits per heavy atom. The molecule has 0 aromatic heterocycles. The van der Waals surface area contributed by atoms with Gasteiger partial charge in [-0.15, -0.1) is 0 Å². The van der Waals surface area contributed by atoms with Gasteiger partial charge in [-0.1, -0.05) is 18.2 Å². The van der Waals surface area contributed by atoms with Crippen molar-refractivity contribution in [2.45, 2.75) is 19.4 Å². The number of fused-ring (bicyclic) bond motifs is 1. The lowest BCUT2D eigenvalue weighted by atomic mass is 9.97. The minimum atomic E-state index is 1.04. The zero-order valence-corrected chi connectivity index (χ0v) is 8.77. The summed E-state index contributed by atoms with van der Waals surface area (Å²) in [6.45, 7) is 3.24. The summed E-state index contributed by atoms with van der Waals surface area (Å²) in [5, 5.41) is 6.58. The van der Waals surface area contributed by atoms with Crippen LogP contribution in [-0.2, 0) is 19.4 Å². The fourth-order valence-electron chi connectivity index (χ4n) is 1.96. The van der Waals surface area contributed by atoms with Crippen LogP contribution in [0.25, 0.3) is 0 Å². The van der Waals surface area contributed by atoms with Gasteiger partial charge >= 0.3 is 0 Å². The van der Waals surface area contributed by atoms with Gasteiger partial charge in [-0.05, 0) is 49.7 Å². The Labute approximate surface area is 85.7 Å². The number of benzene rings is 1. The van der Waals surface area contributed by atoms with Gasteiger partial charge in [-0.2, -0.15) is 0 Å². The van der Waals surface area contributed by atoms with Crippen molar-refractivity contribution in [1.29, 1.82) is 0 Å². The SMILES string of the molecule is CNCCc1ccc2c(c1)CCNC2. The summed E-state index contributed by atoms with van der Waals surface area (Å²) in [5.74, 6) is 0. The predicted molar refractivity (Wildman–Crippen MR) is 59.5 cm³/mol. The molecule has 0 radical (unpaired) electrons. The molecule has 0 atom stereocenters. The quantitative estimate of drug-likeness (QED) is 0.745. The lowest BCUT2D eigenvalue weighted by Crippen LogP contribution is -2.23. The molecule has 0 amide bonds. The highest BCUT2D eigenvalue weighted by molar-refractivity contribution is 5.33. The molecule has 2 rings (SSSR count). The summed E-state index contributed by atoms with van der Waals surface area (Å²) in [7, 11) is 2.00. The van der Waals surface area contributed by atoms with Crippen molar-refractivity contribution in [3.63, 3.8) is 0 Å². The van der Waals surface area contributed by atoms with Crippen LogP contribution >= 0.6 is 0 Å². The van der Waals surface area contributed by atoms with Gasteiger partial charge in [-0.25, -0.2) is 0 Å². The second-order valence-corrected chi connectivity index (χ2v) is 3.88. The first-order valence-electron chi connectivity index (χ1n) is 5.36. The van der Waals surface area contributed by atoms with E-state index in [-0.39, 0.29) is 0 Å². The Bertz CT molecular complexity index is 307. The molecule has 2 nitrogen and oxygen atoms in total. The summed E-state index contributed by atoms with van der Waals surface area (Å²) in [6, 6.07) is 6.89. The minimum absolute atomic E-state index is 1.04. The van der Waals surface area contributed by atoms with E-state index in [2.05, 4.69) is 28.8 Å². The molecule has 0 spiro atoms. The van der Waals surface area contributed by atoms with E-state index in [1.54, 1.807) is 0 Å². The number of nitrogens with one attached hydrogen (secondary N) is 2. The van der Waals surface area contributed by atoms with Crippen LogP contribution < -0.4 is 10.6 Å². The third kappa shape index (κ3) is 2.14. The van der Waals surface area contributed by atoms with Crippen LogP contribution in [0.3, 0.4) is 0 Å². The second-order valence-electron chi connectivity index (χ2n) is 3.88. The number of hydrogen-bond donors (Lipinski definition) is 2. The van der Waals surface area contributed by atoms with Gasteiger partial charge < -0.3 is 10.6 Å². The molecule has 1 aromatic rings. The normalized spacial score (nSPS) is 15.2. The molecule has 0 aliphatic carbocycles. The monoisotopic (exact) mass is 190 g/mol. The first-order valence-corrected chi connectivity index (χ1v) is 5.36. The van der Waals surface area contributed by atoms with Crippen molar-refractivity contribution in [2.24, 2.45) is 0 Å². The lowest BCUT2D eigenvalue weighted by molar-refractivity contribution is 0.642. The first-order chi connectivity index (χ1) is 6.90. The highest BCUT2D eigenvalue weighted by atomic mass is 14.9. The summed E-state index contributed by atoms with van der Waals surface area (Å²) in [5.41, 5.74) is 4.47. The molecular weight excluding hydrogens is 172 g/mol. The zero-order chi connectivity index (χ0) is 9.80. The predicted octanol–water partition coefficient (Wildman–Crippen LogP) is 1.09. The molecule has 76 valence electrons. The summed E-state index contributed by atoms with van der Waals surface area (Å²) < 4.78 is 0. The van der Waals surface area contributed by atoms with Gasteiger partial charge in [0.15, 0.2) is 0 Å². The van der Waals surface area contributed by atoms with E-state index < -0.39 is 0 Å². The van der Waals surface area contributed by atoms with Crippen molar-refractivity contribution < 1.29 is 0 Å². The van der Waals surface area contributed by atoms with Crippen molar-refractivity contribution >= 4 is 0 Å². The maximum atomic E-state index is 3.39. The molecule has 14 heavy (non-hydrogen) atoms. The highest BCUT2D eigenvalue weighted by Gasteiger charge is 2.08. The molecule has 0 saturated heterocycles. The summed E-state index contributed by atoms with van der Waals surface area (Å²) >= 11 is 0. The number of rotatable bonds is 3. The molecule has 1 aliphatic rings. The molecule has 0 unspecified atom stereocenters. The Morgan fingerprint density at radius 3 is 3.14 bits per heavy atom. The average molecular weight is 190 g/mol. The third-order valence-corrected chi connectivity index (χ3v) is 2.82. The third-order valence-electron chi connectivity index (χ3n) is 2.82. The van der Waals surface area contributed by atoms with Gasteiger partial charge in [0.2, 0.25) is 0 Å². The molecule has 1 heterocycles. The second kappa shape index (κ2) is 4.58. The lowest BCUT2D eigenvalue weighted by Gasteiger charge is -2.17. The van der Waals surface area contributed by atoms with E-state index in [9.17, 15) is 0 Å². The van der Waals surface area contributed by atoms with Crippen molar-refractivity contribution in [3.8, 4) is 0 Å². The van der Waals surface area contributed by atoms with Crippen LogP contribution in [0, 0.1) is 0 Å². The Morgan fingerprint density at radius 1 is 1.36 bits per heavy atom. The van der Waals surface area contributed by atoms with Crippen LogP contribution in [0.1, 0.15) is 16.7 Å². The van der Waals surface area contributed by atoms with Crippen molar-refractivity contribution in [1.82, 2.24) is 10.6 Å². The molecule has 0 bridgehead atoms. The van der Waals surface area contributed by atoms with E-state index >= 15 is 0 Å². The smallest absolute Gasteiger partial charge is 0.0208 e. The van der Waals surface area contributed by atoms with Crippen LogP contribution in [-0.4, -0.2) is 20.1 Å². The topological polar surface area (TPSA) is 24.1 Å². The Balaban J connectivity index is 2.12. The zero-order valence-electron chi connectivity index (χ0n) is 8.77. The maximum Gasteiger partial charge on any atom is 0.0208 e. The molecule has 2 N–H and O–H groups in total. The Kier molecular flexibility index (Phi) is 3.17. The van der Waals surface area contributed by atoms with E-state index in [1.807, 2.05) is 7.05 Å². The summed E-state index contributed by atoms with van der Waals surface area (Å²) in [4.78, 5) is 0. The molecule has 1 aromatic carbocycles. The maximum absolute atomic E-state index is 3.39. The van der Waals surface area contributed by atoms with E-state index in [0.717, 1.165) is 26.1 Å². The average Bonchev–Trinajstić information content (AvgIpc) is 2.26. The van der Waals surface area contributed by atoms with E-state index in [4.69, 9.17) is 0 Å². The van der Waals surface area contributed by atoms with Crippen LogP contribution in [0.2, 0.25) is 0 Å². The number of likely N-dealkylation sites (N-methyl/N-ethyl adjacent to an activating group) is 1. The van der Waals surface area contributed by atoms with Crippen LogP contribution in [0.4, 0.5) is 0 Å². The number of hydrogen-bond acceptors (Lipinski definition) is 2. The molecule has 0 fully saturated rings. The Hall–Kier alpha value is -0.860. The van der Waals surface area contributed by atoms with Crippen LogP contribution in [0.15, 0.2) is 18.2 Å². The van der Waals surface area contributed by atoms with E-state index in [0.29, 0.717) is 0 Å². The van der Waals surface area contributed by atoms with E-state index in [1.165, 1.54) is 23.1 Å². The van der Waals surface area contributed by atoms with Gasteiger partial charge in [0.25, 0.3) is 0 Å². The standard InChI is InChI=1S/C12H18N2/c1-13-6-4-10-2-3-12-9-14-7-5-11(12)8-10/h2-3,8,13-14H,4-7,9H2,1H3. The fraction of sp³-hybridized carbons (Fsp3) is 0.500. The van der Waals surface area contributed by atoms with Crippen molar-refractivity contribution in [2.75, 3.05) is 20.1 Å². The molecule has 0 saturated carbocycles.